The first-order chi connectivity index (χ1) is 5.65. The summed E-state index contributed by atoms with van der Waals surface area (Å²) >= 11 is 0. The van der Waals surface area contributed by atoms with E-state index in [9.17, 15) is 4.79 Å². The first-order valence-electron chi connectivity index (χ1n) is 3.82. The Balaban J connectivity index is 2.87. The summed E-state index contributed by atoms with van der Waals surface area (Å²) in [4.78, 5) is 10.6. The Bertz CT molecular complexity index is 292. The fourth-order valence-electron chi connectivity index (χ4n) is 1.03. The number of primary amides is 1. The average Bonchev–Trinajstić information content (AvgIpc) is 2.32. The van der Waals surface area contributed by atoms with Crippen LogP contribution >= 0.6 is 0 Å². The van der Waals surface area contributed by atoms with Crippen molar-refractivity contribution in [2.24, 2.45) is 5.73 Å². The number of hydrogen-bond donors (Lipinski definition) is 1. The smallest absolute Gasteiger partial charge is 0.223 e. The van der Waals surface area contributed by atoms with Gasteiger partial charge in [0.2, 0.25) is 5.91 Å². The molecule has 1 aromatic rings. The highest BCUT2D eigenvalue weighted by molar-refractivity contribution is 5.76. The third-order valence-electron chi connectivity index (χ3n) is 1.72. The maximum absolute atomic E-state index is 10.6. The monoisotopic (exact) mass is 168 g/mol. The van der Waals surface area contributed by atoms with Crippen molar-refractivity contribution in [1.29, 1.82) is 0 Å². The van der Waals surface area contributed by atoms with E-state index >= 15 is 0 Å². The standard InChI is InChI=1S/C7H12N4O/c1-3-11-5(2)6(9-10-11)4-7(8)12/h3-4H2,1-2H3,(H2,8,12). The van der Waals surface area contributed by atoms with E-state index in [0.717, 1.165) is 12.2 Å². The molecule has 0 aliphatic rings. The lowest BCUT2D eigenvalue weighted by Crippen LogP contribution is -2.14. The van der Waals surface area contributed by atoms with Crippen molar-refractivity contribution in [3.05, 3.63) is 11.4 Å². The summed E-state index contributed by atoms with van der Waals surface area (Å²) in [7, 11) is 0. The van der Waals surface area contributed by atoms with Crippen LogP contribution in [-0.4, -0.2) is 20.9 Å². The van der Waals surface area contributed by atoms with Crippen molar-refractivity contribution >= 4 is 5.91 Å². The Morgan fingerprint density at radius 1 is 1.67 bits per heavy atom. The van der Waals surface area contributed by atoms with Gasteiger partial charge in [-0.3, -0.25) is 4.79 Å². The molecule has 1 amide bonds. The minimum Gasteiger partial charge on any atom is -0.369 e. The minimum absolute atomic E-state index is 0.172. The molecular weight excluding hydrogens is 156 g/mol. The molecule has 0 unspecified atom stereocenters. The lowest BCUT2D eigenvalue weighted by molar-refractivity contribution is -0.117. The fourth-order valence-corrected chi connectivity index (χ4v) is 1.03. The topological polar surface area (TPSA) is 73.8 Å². The quantitative estimate of drug-likeness (QED) is 0.669. The van der Waals surface area contributed by atoms with Gasteiger partial charge in [0.15, 0.2) is 0 Å². The van der Waals surface area contributed by atoms with Crippen molar-refractivity contribution in [3.63, 3.8) is 0 Å². The molecule has 0 aliphatic carbocycles. The summed E-state index contributed by atoms with van der Waals surface area (Å²) in [5.41, 5.74) is 6.61. The molecule has 0 radical (unpaired) electrons. The predicted octanol–water partition coefficient (Wildman–Crippen LogP) is -0.366. The van der Waals surface area contributed by atoms with Gasteiger partial charge in [0.1, 0.15) is 0 Å². The fraction of sp³-hybridized carbons (Fsp3) is 0.571. The van der Waals surface area contributed by atoms with Gasteiger partial charge < -0.3 is 5.73 Å². The van der Waals surface area contributed by atoms with Crippen LogP contribution in [0.1, 0.15) is 18.3 Å². The van der Waals surface area contributed by atoms with Crippen molar-refractivity contribution in [2.75, 3.05) is 0 Å². The molecule has 1 rings (SSSR count). The predicted molar refractivity (Wildman–Crippen MR) is 43.3 cm³/mol. The first-order valence-corrected chi connectivity index (χ1v) is 3.82. The number of aryl methyl sites for hydroxylation is 1. The highest BCUT2D eigenvalue weighted by Gasteiger charge is 2.08. The molecule has 5 heteroatoms. The molecule has 2 N–H and O–H groups in total. The number of rotatable bonds is 3. The largest absolute Gasteiger partial charge is 0.369 e. The van der Waals surface area contributed by atoms with Crippen LogP contribution in [-0.2, 0) is 17.8 Å². The van der Waals surface area contributed by atoms with Crippen LogP contribution in [0.15, 0.2) is 0 Å². The molecular formula is C7H12N4O. The van der Waals surface area contributed by atoms with Gasteiger partial charge in [-0.1, -0.05) is 5.21 Å². The van der Waals surface area contributed by atoms with Crippen LogP contribution in [0, 0.1) is 6.92 Å². The van der Waals surface area contributed by atoms with Gasteiger partial charge in [-0.05, 0) is 13.8 Å². The molecule has 0 saturated heterocycles. The van der Waals surface area contributed by atoms with Crippen LogP contribution in [0.25, 0.3) is 0 Å². The molecule has 5 nitrogen and oxygen atoms in total. The van der Waals surface area contributed by atoms with Gasteiger partial charge in [0.05, 0.1) is 17.8 Å². The number of carbonyl (C=O) groups is 1. The highest BCUT2D eigenvalue weighted by atomic mass is 16.1. The van der Waals surface area contributed by atoms with E-state index in [2.05, 4.69) is 10.3 Å². The summed E-state index contributed by atoms with van der Waals surface area (Å²) in [6.07, 6.45) is 0.172. The van der Waals surface area contributed by atoms with Gasteiger partial charge >= 0.3 is 0 Å². The SMILES string of the molecule is CCn1nnc(CC(N)=O)c1C. The van der Waals surface area contributed by atoms with Crippen LogP contribution in [0.4, 0.5) is 0 Å². The zero-order valence-corrected chi connectivity index (χ0v) is 7.24. The van der Waals surface area contributed by atoms with E-state index in [1.807, 2.05) is 13.8 Å². The summed E-state index contributed by atoms with van der Waals surface area (Å²) in [5.74, 6) is -0.374. The van der Waals surface area contributed by atoms with E-state index in [0.29, 0.717) is 5.69 Å². The van der Waals surface area contributed by atoms with Gasteiger partial charge in [-0.25, -0.2) is 4.68 Å². The van der Waals surface area contributed by atoms with Crippen molar-refractivity contribution in [1.82, 2.24) is 15.0 Å². The number of nitrogens with zero attached hydrogens (tertiary/aromatic N) is 3. The van der Waals surface area contributed by atoms with Crippen LogP contribution in [0.3, 0.4) is 0 Å². The van der Waals surface area contributed by atoms with E-state index in [-0.39, 0.29) is 12.3 Å². The summed E-state index contributed by atoms with van der Waals surface area (Å²) < 4.78 is 1.73. The number of amides is 1. The maximum atomic E-state index is 10.6. The Morgan fingerprint density at radius 3 is 2.75 bits per heavy atom. The number of carbonyl (C=O) groups excluding carboxylic acids is 1. The van der Waals surface area contributed by atoms with Gasteiger partial charge in [-0.15, -0.1) is 5.10 Å². The molecule has 0 spiro atoms. The third kappa shape index (κ3) is 1.61. The zero-order chi connectivity index (χ0) is 9.14. The Hall–Kier alpha value is -1.39. The molecule has 0 aliphatic heterocycles. The van der Waals surface area contributed by atoms with E-state index in [4.69, 9.17) is 5.73 Å². The Kier molecular flexibility index (Phi) is 2.42. The maximum Gasteiger partial charge on any atom is 0.223 e. The minimum atomic E-state index is -0.374. The van der Waals surface area contributed by atoms with Crippen LogP contribution < -0.4 is 5.73 Å². The van der Waals surface area contributed by atoms with Crippen LogP contribution in [0.5, 0.6) is 0 Å². The Morgan fingerprint density at radius 2 is 2.33 bits per heavy atom. The van der Waals surface area contributed by atoms with Crippen molar-refractivity contribution < 1.29 is 4.79 Å². The number of hydrogen-bond acceptors (Lipinski definition) is 3. The lowest BCUT2D eigenvalue weighted by Gasteiger charge is -1.96. The second-order valence-corrected chi connectivity index (χ2v) is 2.58. The molecule has 0 atom stereocenters. The van der Waals surface area contributed by atoms with Gasteiger partial charge in [0, 0.05) is 6.54 Å². The normalized spacial score (nSPS) is 10.2. The third-order valence-corrected chi connectivity index (χ3v) is 1.72. The Labute approximate surface area is 70.6 Å². The summed E-state index contributed by atoms with van der Waals surface area (Å²) in [6, 6.07) is 0. The van der Waals surface area contributed by atoms with Crippen LogP contribution in [0.2, 0.25) is 0 Å². The van der Waals surface area contributed by atoms with Gasteiger partial charge in [-0.2, -0.15) is 0 Å². The second kappa shape index (κ2) is 3.34. The summed E-state index contributed by atoms with van der Waals surface area (Å²) in [6.45, 7) is 4.61. The molecule has 1 heterocycles. The van der Waals surface area contributed by atoms with Crippen molar-refractivity contribution in [3.8, 4) is 0 Å². The molecule has 0 fully saturated rings. The first kappa shape index (κ1) is 8.70. The van der Waals surface area contributed by atoms with E-state index < -0.39 is 0 Å². The van der Waals surface area contributed by atoms with E-state index in [1.165, 1.54) is 0 Å². The van der Waals surface area contributed by atoms with Crippen molar-refractivity contribution in [2.45, 2.75) is 26.8 Å². The van der Waals surface area contributed by atoms with E-state index in [1.54, 1.807) is 4.68 Å². The molecule has 0 saturated carbocycles. The lowest BCUT2D eigenvalue weighted by atomic mass is 10.2. The van der Waals surface area contributed by atoms with Gasteiger partial charge in [0.25, 0.3) is 0 Å². The molecule has 66 valence electrons. The molecule has 1 aromatic heterocycles. The highest BCUT2D eigenvalue weighted by Crippen LogP contribution is 2.03. The zero-order valence-electron chi connectivity index (χ0n) is 7.24. The number of nitrogens with two attached hydrogens (primary N) is 1. The molecule has 0 aromatic carbocycles. The average molecular weight is 168 g/mol. The second-order valence-electron chi connectivity index (χ2n) is 2.58. The summed E-state index contributed by atoms with van der Waals surface area (Å²) in [5, 5.41) is 7.68. The molecule has 12 heavy (non-hydrogen) atoms. The molecule has 0 bridgehead atoms. The number of aromatic nitrogens is 3.